The monoisotopic (exact) mass is 276 g/mol. The molecule has 2 aromatic rings. The van der Waals surface area contributed by atoms with Crippen molar-refractivity contribution in [1.82, 2.24) is 15.0 Å². The van der Waals surface area contributed by atoms with E-state index in [1.54, 1.807) is 19.4 Å². The summed E-state index contributed by atoms with van der Waals surface area (Å²) in [5.41, 5.74) is 13.0. The van der Waals surface area contributed by atoms with E-state index in [1.165, 1.54) is 18.1 Å². The summed E-state index contributed by atoms with van der Waals surface area (Å²) in [5.74, 6) is 1.58. The second-order valence-electron chi connectivity index (χ2n) is 3.99. The summed E-state index contributed by atoms with van der Waals surface area (Å²) in [7, 11) is 1.56. The summed E-state index contributed by atoms with van der Waals surface area (Å²) in [5, 5.41) is 3.13. The molecule has 0 saturated heterocycles. The Bertz CT molecular complexity index is 619. The quantitative estimate of drug-likeness (QED) is 0.736. The molecule has 8 heteroatoms. The van der Waals surface area contributed by atoms with E-state index in [4.69, 9.17) is 16.2 Å². The van der Waals surface area contributed by atoms with E-state index in [-0.39, 0.29) is 0 Å². The largest absolute Gasteiger partial charge is 0.481 e. The van der Waals surface area contributed by atoms with Gasteiger partial charge in [0.15, 0.2) is 4.99 Å². The lowest BCUT2D eigenvalue weighted by Gasteiger charge is -2.23. The molecule has 1 aliphatic heterocycles. The fraction of sp³-hybridized carbons (Fsp3) is 0.182. The molecule has 0 amide bonds. The number of nitrogens with two attached hydrogens (primary N) is 2. The predicted octanol–water partition coefficient (Wildman–Crippen LogP) is 0.749. The van der Waals surface area contributed by atoms with Gasteiger partial charge in [0.05, 0.1) is 12.0 Å². The number of hydrogen-bond acceptors (Lipinski definition) is 8. The van der Waals surface area contributed by atoms with Crippen LogP contribution in [-0.2, 0) is 4.99 Å². The normalized spacial score (nSPS) is 20.7. The number of nitrogens with one attached hydrogen (secondary N) is 1. The van der Waals surface area contributed by atoms with Crippen molar-refractivity contribution in [1.29, 1.82) is 0 Å². The number of rotatable bonds is 2. The molecule has 19 heavy (non-hydrogen) atoms. The fourth-order valence-corrected chi connectivity index (χ4v) is 2.86. The minimum absolute atomic E-state index is 0.413. The molecule has 0 radical (unpaired) electrons. The van der Waals surface area contributed by atoms with Gasteiger partial charge < -0.3 is 15.8 Å². The highest BCUT2D eigenvalue weighted by molar-refractivity contribution is 8.01. The third-order valence-corrected chi connectivity index (χ3v) is 4.04. The molecular formula is C11H12N6OS. The number of methoxy groups -OCH3 is 1. The van der Waals surface area contributed by atoms with Crippen molar-refractivity contribution in [2.75, 3.05) is 18.2 Å². The molecule has 2 aromatic heterocycles. The predicted molar refractivity (Wildman–Crippen MR) is 72.6 cm³/mol. The zero-order chi connectivity index (χ0) is 13.5. The van der Waals surface area contributed by atoms with Crippen molar-refractivity contribution < 1.29 is 4.74 Å². The van der Waals surface area contributed by atoms with Gasteiger partial charge in [0.25, 0.3) is 0 Å². The molecule has 1 aliphatic rings. The van der Waals surface area contributed by atoms with E-state index in [0.29, 0.717) is 17.5 Å². The average Bonchev–Trinajstić information content (AvgIpc) is 2.78. The minimum Gasteiger partial charge on any atom is -0.481 e. The zero-order valence-corrected chi connectivity index (χ0v) is 10.9. The van der Waals surface area contributed by atoms with Gasteiger partial charge >= 0.3 is 0 Å². The van der Waals surface area contributed by atoms with E-state index < -0.39 is 4.99 Å². The lowest BCUT2D eigenvalue weighted by atomic mass is 10.2. The molecular weight excluding hydrogens is 264 g/mol. The maximum atomic E-state index is 6.34. The van der Waals surface area contributed by atoms with Gasteiger partial charge in [-0.1, -0.05) is 11.8 Å². The number of fused-ring (bicyclic) bond motifs is 1. The van der Waals surface area contributed by atoms with Crippen LogP contribution in [0.3, 0.4) is 0 Å². The highest BCUT2D eigenvalue weighted by Gasteiger charge is 2.38. The van der Waals surface area contributed by atoms with E-state index in [1.807, 2.05) is 6.07 Å². The number of nitrogens with zero attached hydrogens (tertiary/aromatic N) is 3. The highest BCUT2D eigenvalue weighted by atomic mass is 32.2. The minimum atomic E-state index is -0.855. The molecule has 0 aliphatic carbocycles. The van der Waals surface area contributed by atoms with Crippen molar-refractivity contribution in [3.05, 3.63) is 30.2 Å². The Kier molecular flexibility index (Phi) is 2.68. The second kappa shape index (κ2) is 4.25. The van der Waals surface area contributed by atoms with Gasteiger partial charge in [-0.15, -0.1) is 0 Å². The molecule has 3 heterocycles. The molecule has 3 rings (SSSR count). The van der Waals surface area contributed by atoms with Gasteiger partial charge in [0.1, 0.15) is 18.0 Å². The maximum absolute atomic E-state index is 6.34. The lowest BCUT2D eigenvalue weighted by molar-refractivity contribution is 0.397. The summed E-state index contributed by atoms with van der Waals surface area (Å²) < 4.78 is 5.02. The van der Waals surface area contributed by atoms with Crippen LogP contribution < -0.4 is 21.5 Å². The van der Waals surface area contributed by atoms with E-state index >= 15 is 0 Å². The Morgan fingerprint density at radius 3 is 2.79 bits per heavy atom. The number of aromatic nitrogens is 3. The third-order valence-electron chi connectivity index (χ3n) is 2.77. The first-order valence-corrected chi connectivity index (χ1v) is 6.31. The van der Waals surface area contributed by atoms with Crippen molar-refractivity contribution in [2.24, 2.45) is 5.73 Å². The van der Waals surface area contributed by atoms with Gasteiger partial charge in [-0.05, 0) is 6.07 Å². The Balaban J connectivity index is 1.96. The standard InChI is InChI=1S/C11H12N6OS/c1-18-7-3-2-6(4-14-7)11(13)17-10-8(19-11)9(12)15-5-16-10/h2-5H,13H2,1H3,(H3,12,15,16,17). The van der Waals surface area contributed by atoms with Crippen molar-refractivity contribution in [2.45, 2.75) is 9.89 Å². The van der Waals surface area contributed by atoms with Crippen molar-refractivity contribution >= 4 is 23.4 Å². The molecule has 0 fully saturated rings. The van der Waals surface area contributed by atoms with Crippen LogP contribution in [0, 0.1) is 0 Å². The molecule has 0 spiro atoms. The van der Waals surface area contributed by atoms with Crippen LogP contribution in [0.15, 0.2) is 29.6 Å². The van der Waals surface area contributed by atoms with Crippen LogP contribution >= 0.6 is 11.8 Å². The van der Waals surface area contributed by atoms with Crippen LogP contribution in [0.25, 0.3) is 0 Å². The lowest BCUT2D eigenvalue weighted by Crippen LogP contribution is -2.38. The number of pyridine rings is 1. The Hall–Kier alpha value is -2.06. The fourth-order valence-electron chi connectivity index (χ4n) is 1.79. The van der Waals surface area contributed by atoms with Gasteiger partial charge in [-0.25, -0.2) is 15.0 Å². The first-order chi connectivity index (χ1) is 9.12. The number of ether oxygens (including phenoxy) is 1. The summed E-state index contributed by atoms with van der Waals surface area (Å²) in [6.45, 7) is 0. The van der Waals surface area contributed by atoms with Crippen LogP contribution in [0.1, 0.15) is 5.56 Å². The Morgan fingerprint density at radius 2 is 2.16 bits per heavy atom. The maximum Gasteiger partial charge on any atom is 0.212 e. The zero-order valence-electron chi connectivity index (χ0n) is 10.1. The molecule has 98 valence electrons. The van der Waals surface area contributed by atoms with E-state index in [9.17, 15) is 0 Å². The second-order valence-corrected chi connectivity index (χ2v) is 5.24. The van der Waals surface area contributed by atoms with Gasteiger partial charge in [-0.2, -0.15) is 0 Å². The molecule has 5 N–H and O–H groups in total. The van der Waals surface area contributed by atoms with Gasteiger partial charge in [-0.3, -0.25) is 5.73 Å². The van der Waals surface area contributed by atoms with Crippen LogP contribution in [0.2, 0.25) is 0 Å². The van der Waals surface area contributed by atoms with Crippen LogP contribution in [0.4, 0.5) is 11.6 Å². The third kappa shape index (κ3) is 1.94. The Labute approximate surface area is 113 Å². The van der Waals surface area contributed by atoms with Crippen molar-refractivity contribution in [3.63, 3.8) is 0 Å². The van der Waals surface area contributed by atoms with Crippen LogP contribution in [-0.4, -0.2) is 22.1 Å². The van der Waals surface area contributed by atoms with Crippen molar-refractivity contribution in [3.8, 4) is 5.88 Å². The number of nitrogen functional groups attached to an aromatic ring is 1. The van der Waals surface area contributed by atoms with E-state index in [2.05, 4.69) is 20.3 Å². The number of thioether (sulfide) groups is 1. The Morgan fingerprint density at radius 1 is 1.32 bits per heavy atom. The molecule has 7 nitrogen and oxygen atoms in total. The van der Waals surface area contributed by atoms with Gasteiger partial charge in [0, 0.05) is 17.8 Å². The summed E-state index contributed by atoms with van der Waals surface area (Å²) in [6.07, 6.45) is 3.06. The number of anilines is 2. The van der Waals surface area contributed by atoms with E-state index in [0.717, 1.165) is 10.5 Å². The first-order valence-electron chi connectivity index (χ1n) is 5.49. The molecule has 0 bridgehead atoms. The molecule has 0 aromatic carbocycles. The molecule has 0 saturated carbocycles. The summed E-state index contributed by atoms with van der Waals surface area (Å²) in [6, 6.07) is 3.60. The van der Waals surface area contributed by atoms with Crippen LogP contribution in [0.5, 0.6) is 5.88 Å². The summed E-state index contributed by atoms with van der Waals surface area (Å²) in [4.78, 5) is 12.1. The average molecular weight is 276 g/mol. The SMILES string of the molecule is COc1ccc(C2(N)Nc3ncnc(N)c3S2)cn1. The molecule has 1 atom stereocenters. The summed E-state index contributed by atoms with van der Waals surface area (Å²) >= 11 is 1.37. The van der Waals surface area contributed by atoms with Gasteiger partial charge in [0.2, 0.25) is 5.88 Å². The topological polar surface area (TPSA) is 112 Å². The smallest absolute Gasteiger partial charge is 0.212 e. The number of hydrogen-bond donors (Lipinski definition) is 3. The highest BCUT2D eigenvalue weighted by Crippen LogP contribution is 2.48. The molecule has 1 unspecified atom stereocenters. The first kappa shape index (κ1) is 12.0.